The summed E-state index contributed by atoms with van der Waals surface area (Å²) < 4.78 is 1.91. The monoisotopic (exact) mass is 199 g/mol. The van der Waals surface area contributed by atoms with Crippen molar-refractivity contribution in [1.82, 2.24) is 9.97 Å². The van der Waals surface area contributed by atoms with Crippen molar-refractivity contribution in [3.63, 3.8) is 0 Å². The van der Waals surface area contributed by atoms with Gasteiger partial charge < -0.3 is 0 Å². The Labute approximate surface area is 63.6 Å². The summed E-state index contributed by atoms with van der Waals surface area (Å²) in [6, 6.07) is 3.93. The summed E-state index contributed by atoms with van der Waals surface area (Å²) in [4.78, 5) is 8.12. The van der Waals surface area contributed by atoms with Gasteiger partial charge >= 0.3 is 63.1 Å². The van der Waals surface area contributed by atoms with Gasteiger partial charge in [-0.25, -0.2) is 0 Å². The molecule has 2 N–H and O–H groups in total. The van der Waals surface area contributed by atoms with E-state index in [1.165, 1.54) is 4.26 Å². The Morgan fingerprint density at radius 1 is 1.50 bits per heavy atom. The minimum atomic E-state index is 0.226. The molecule has 0 aliphatic rings. The van der Waals surface area contributed by atoms with Crippen molar-refractivity contribution in [3.8, 4) is 0 Å². The molecule has 0 atom stereocenters. The van der Waals surface area contributed by atoms with Crippen LogP contribution in [0.1, 0.15) is 0 Å². The van der Waals surface area contributed by atoms with E-state index in [-0.39, 0.29) is 14.5 Å². The van der Waals surface area contributed by atoms with Crippen LogP contribution in [0.4, 0.5) is 4.69 Å². The molecule has 0 radical (unpaired) electrons. The van der Waals surface area contributed by atoms with Crippen LogP contribution >= 0.6 is 0 Å². The van der Waals surface area contributed by atoms with E-state index in [1.807, 2.05) is 12.1 Å². The van der Waals surface area contributed by atoms with Gasteiger partial charge in [0.1, 0.15) is 0 Å². The molecule has 0 aliphatic heterocycles. The zero-order valence-electron chi connectivity index (χ0n) is 5.11. The molecule has 2 aromatic rings. The van der Waals surface area contributed by atoms with Crippen molar-refractivity contribution in [2.24, 2.45) is 0 Å². The molecule has 2 heterocycles. The fourth-order valence-corrected chi connectivity index (χ4v) is 2.24. The third kappa shape index (κ3) is 0.818. The van der Waals surface area contributed by atoms with Crippen molar-refractivity contribution in [1.29, 1.82) is 0 Å². The molecular formula is C6H5N3Se. The number of nitrogen functional groups attached to an aromatic ring is 1. The number of fused-ring (bicyclic) bond motifs is 1. The minimum absolute atomic E-state index is 0.226. The molecule has 50 valence electrons. The molecule has 4 heteroatoms. The van der Waals surface area contributed by atoms with Gasteiger partial charge in [-0.05, 0) is 0 Å². The van der Waals surface area contributed by atoms with Crippen LogP contribution in [-0.4, -0.2) is 24.5 Å². The van der Waals surface area contributed by atoms with Crippen LogP contribution in [0.3, 0.4) is 0 Å². The van der Waals surface area contributed by atoms with Crippen LogP contribution in [0.15, 0.2) is 18.3 Å². The third-order valence-electron chi connectivity index (χ3n) is 1.18. The van der Waals surface area contributed by atoms with Crippen molar-refractivity contribution in [3.05, 3.63) is 18.3 Å². The van der Waals surface area contributed by atoms with Crippen LogP contribution in [0.5, 0.6) is 0 Å². The van der Waals surface area contributed by atoms with Crippen LogP contribution in [-0.2, 0) is 0 Å². The maximum atomic E-state index is 5.52. The molecule has 2 aromatic heterocycles. The molecule has 0 saturated heterocycles. The molecule has 0 fully saturated rings. The number of anilines is 1. The van der Waals surface area contributed by atoms with Crippen molar-refractivity contribution in [2.45, 2.75) is 0 Å². The van der Waals surface area contributed by atoms with Gasteiger partial charge in [0.05, 0.1) is 0 Å². The first kappa shape index (κ1) is 5.89. The first-order chi connectivity index (χ1) is 4.86. The van der Waals surface area contributed by atoms with Gasteiger partial charge in [0.15, 0.2) is 0 Å². The Balaban J connectivity index is 2.88. The second kappa shape index (κ2) is 2.08. The molecular weight excluding hydrogens is 193 g/mol. The van der Waals surface area contributed by atoms with Crippen molar-refractivity contribution in [2.75, 3.05) is 5.73 Å². The Morgan fingerprint density at radius 3 is 3.20 bits per heavy atom. The van der Waals surface area contributed by atoms with Gasteiger partial charge in [-0.2, -0.15) is 0 Å². The SMILES string of the molecule is Nc1nc2ncccc2[se]1. The Morgan fingerprint density at radius 2 is 2.40 bits per heavy atom. The van der Waals surface area contributed by atoms with E-state index in [1.54, 1.807) is 6.20 Å². The van der Waals surface area contributed by atoms with E-state index in [9.17, 15) is 0 Å². The van der Waals surface area contributed by atoms with Gasteiger partial charge in [-0.1, -0.05) is 0 Å². The topological polar surface area (TPSA) is 51.8 Å². The molecule has 3 nitrogen and oxygen atoms in total. The number of rotatable bonds is 0. The third-order valence-corrected chi connectivity index (χ3v) is 2.94. The van der Waals surface area contributed by atoms with E-state index in [0.29, 0.717) is 0 Å². The summed E-state index contributed by atoms with van der Waals surface area (Å²) in [6.45, 7) is 0. The molecule has 0 amide bonds. The molecule has 0 saturated carbocycles. The number of nitrogens with two attached hydrogens (primary N) is 1. The van der Waals surface area contributed by atoms with Gasteiger partial charge in [-0.15, -0.1) is 0 Å². The van der Waals surface area contributed by atoms with Crippen molar-refractivity contribution < 1.29 is 0 Å². The summed E-state index contributed by atoms with van der Waals surface area (Å²) in [5, 5.41) is 0. The molecule has 0 aliphatic carbocycles. The number of nitrogens with zero attached hydrogens (tertiary/aromatic N) is 2. The quantitative estimate of drug-likeness (QED) is 0.618. The Bertz CT molecular complexity index is 322. The van der Waals surface area contributed by atoms with Crippen LogP contribution in [0.2, 0.25) is 0 Å². The summed E-state index contributed by atoms with van der Waals surface area (Å²) in [6.07, 6.45) is 1.73. The second-order valence-corrected chi connectivity index (χ2v) is 4.11. The molecule has 0 unspecified atom stereocenters. The summed E-state index contributed by atoms with van der Waals surface area (Å²) in [7, 11) is 0. The first-order valence-corrected chi connectivity index (χ1v) is 4.54. The molecule has 0 spiro atoms. The number of hydrogen-bond donors (Lipinski definition) is 1. The summed E-state index contributed by atoms with van der Waals surface area (Å²) in [5.41, 5.74) is 6.33. The number of hydrogen-bond acceptors (Lipinski definition) is 3. The molecule has 10 heavy (non-hydrogen) atoms. The standard InChI is InChI=1S/C6H5N3Se/c7-6-9-5-4(10-6)2-1-3-8-5/h1-3H,(H2,7,8,9). The van der Waals surface area contributed by atoms with Gasteiger partial charge in [0.25, 0.3) is 0 Å². The van der Waals surface area contributed by atoms with Crippen LogP contribution in [0.25, 0.3) is 9.91 Å². The van der Waals surface area contributed by atoms with E-state index >= 15 is 0 Å². The van der Waals surface area contributed by atoms with E-state index in [0.717, 1.165) is 10.3 Å². The van der Waals surface area contributed by atoms with Crippen LogP contribution in [0, 0.1) is 0 Å². The molecule has 0 aromatic carbocycles. The maximum absolute atomic E-state index is 5.52. The zero-order chi connectivity index (χ0) is 6.97. The fourth-order valence-electron chi connectivity index (χ4n) is 0.786. The average molecular weight is 198 g/mol. The summed E-state index contributed by atoms with van der Waals surface area (Å²) >= 11 is 0.226. The zero-order valence-corrected chi connectivity index (χ0v) is 6.83. The fraction of sp³-hybridized carbons (Fsp3) is 0. The predicted molar refractivity (Wildman–Crippen MR) is 40.9 cm³/mol. The van der Waals surface area contributed by atoms with E-state index in [4.69, 9.17) is 5.73 Å². The van der Waals surface area contributed by atoms with Gasteiger partial charge in [-0.3, -0.25) is 0 Å². The Kier molecular flexibility index (Phi) is 1.22. The van der Waals surface area contributed by atoms with E-state index < -0.39 is 0 Å². The predicted octanol–water partition coefficient (Wildman–Crippen LogP) is 0.269. The average Bonchev–Trinajstić information content (AvgIpc) is 2.27. The Hall–Kier alpha value is -0.861. The van der Waals surface area contributed by atoms with Gasteiger partial charge in [0.2, 0.25) is 0 Å². The molecule has 2 rings (SSSR count). The normalized spacial score (nSPS) is 10.4. The van der Waals surface area contributed by atoms with Crippen LogP contribution < -0.4 is 5.73 Å². The number of aromatic nitrogens is 2. The first-order valence-electron chi connectivity index (χ1n) is 2.83. The van der Waals surface area contributed by atoms with Crippen molar-refractivity contribution >= 4 is 29.1 Å². The summed E-state index contributed by atoms with van der Waals surface area (Å²) in [5.74, 6) is 0. The number of pyridine rings is 1. The van der Waals surface area contributed by atoms with E-state index in [2.05, 4.69) is 9.97 Å². The van der Waals surface area contributed by atoms with Gasteiger partial charge in [0, 0.05) is 0 Å². The second-order valence-electron chi connectivity index (χ2n) is 1.88. The molecule has 0 bridgehead atoms.